The molecule has 1 atom stereocenters. The van der Waals surface area contributed by atoms with Crippen LogP contribution in [0.1, 0.15) is 38.2 Å². The number of aliphatic imine (C=N–C) groups is 1. The van der Waals surface area contributed by atoms with Crippen molar-refractivity contribution >= 4 is 5.96 Å². The van der Waals surface area contributed by atoms with E-state index < -0.39 is 0 Å². The molecule has 0 radical (unpaired) electrons. The first-order chi connectivity index (χ1) is 15.8. The monoisotopic (exact) mass is 445 g/mol. The maximum Gasteiger partial charge on any atom is 0.191 e. The Bertz CT molecular complexity index is 628. The molecule has 3 rings (SSSR count). The first-order valence-electron chi connectivity index (χ1n) is 12.5. The third-order valence-electron chi connectivity index (χ3n) is 6.05. The zero-order valence-electron chi connectivity index (χ0n) is 19.9. The first-order valence-corrected chi connectivity index (χ1v) is 12.5. The average Bonchev–Trinajstić information content (AvgIpc) is 3.34. The molecule has 1 aromatic carbocycles. The SMILES string of the molecule is CCNC(=NCCCOCC1CCCO1)NCCCN1CCN(Cc2ccccc2)CC1. The van der Waals surface area contributed by atoms with Gasteiger partial charge in [-0.05, 0) is 44.7 Å². The fraction of sp³-hybridized carbons (Fsp3) is 0.720. The highest BCUT2D eigenvalue weighted by atomic mass is 16.5. The second-order valence-corrected chi connectivity index (χ2v) is 8.71. The number of rotatable bonds is 13. The summed E-state index contributed by atoms with van der Waals surface area (Å²) >= 11 is 0. The molecule has 2 N–H and O–H groups in total. The second-order valence-electron chi connectivity index (χ2n) is 8.71. The Kier molecular flexibility index (Phi) is 11.9. The number of hydrogen-bond acceptors (Lipinski definition) is 5. The molecule has 0 aromatic heterocycles. The summed E-state index contributed by atoms with van der Waals surface area (Å²) in [5.74, 6) is 0.916. The van der Waals surface area contributed by atoms with Gasteiger partial charge in [-0.15, -0.1) is 0 Å². The maximum atomic E-state index is 5.72. The molecular weight excluding hydrogens is 402 g/mol. The van der Waals surface area contributed by atoms with Crippen molar-refractivity contribution < 1.29 is 9.47 Å². The molecule has 0 spiro atoms. The van der Waals surface area contributed by atoms with Crippen molar-refractivity contribution in [2.45, 2.75) is 45.3 Å². The van der Waals surface area contributed by atoms with Crippen molar-refractivity contribution in [3.05, 3.63) is 35.9 Å². The van der Waals surface area contributed by atoms with Crippen molar-refractivity contribution in [1.29, 1.82) is 0 Å². The Balaban J connectivity index is 1.21. The summed E-state index contributed by atoms with van der Waals surface area (Å²) in [6.45, 7) is 13.9. The molecule has 7 heteroatoms. The first kappa shape index (κ1) is 25.0. The van der Waals surface area contributed by atoms with Crippen molar-refractivity contribution in [2.24, 2.45) is 4.99 Å². The molecule has 1 aromatic rings. The topological polar surface area (TPSA) is 61.4 Å². The molecule has 0 bridgehead atoms. The van der Waals surface area contributed by atoms with Crippen LogP contribution in [0.15, 0.2) is 35.3 Å². The molecule has 0 saturated carbocycles. The summed E-state index contributed by atoms with van der Waals surface area (Å²) in [4.78, 5) is 9.82. The van der Waals surface area contributed by atoms with Gasteiger partial charge in [0.1, 0.15) is 0 Å². The van der Waals surface area contributed by atoms with Gasteiger partial charge in [0.15, 0.2) is 5.96 Å². The Morgan fingerprint density at radius 1 is 1.09 bits per heavy atom. The highest BCUT2D eigenvalue weighted by Crippen LogP contribution is 2.12. The van der Waals surface area contributed by atoms with Crippen LogP contribution < -0.4 is 10.6 Å². The number of piperazine rings is 1. The summed E-state index contributed by atoms with van der Waals surface area (Å²) in [5.41, 5.74) is 1.41. The van der Waals surface area contributed by atoms with Crippen LogP contribution in [-0.4, -0.2) is 94.0 Å². The minimum absolute atomic E-state index is 0.310. The Hall–Kier alpha value is -1.67. The lowest BCUT2D eigenvalue weighted by Gasteiger charge is -2.34. The highest BCUT2D eigenvalue weighted by molar-refractivity contribution is 5.79. The van der Waals surface area contributed by atoms with Crippen LogP contribution in [0.3, 0.4) is 0 Å². The molecule has 1 unspecified atom stereocenters. The van der Waals surface area contributed by atoms with Gasteiger partial charge in [0.25, 0.3) is 0 Å². The molecule has 2 fully saturated rings. The van der Waals surface area contributed by atoms with Gasteiger partial charge in [-0.1, -0.05) is 30.3 Å². The van der Waals surface area contributed by atoms with Crippen LogP contribution >= 0.6 is 0 Å². The minimum Gasteiger partial charge on any atom is -0.379 e. The number of nitrogens with one attached hydrogen (secondary N) is 2. The molecule has 7 nitrogen and oxygen atoms in total. The molecule has 0 aliphatic carbocycles. The summed E-state index contributed by atoms with van der Waals surface area (Å²) in [5, 5.41) is 6.82. The van der Waals surface area contributed by atoms with Crippen LogP contribution in [0.4, 0.5) is 0 Å². The van der Waals surface area contributed by atoms with Gasteiger partial charge < -0.3 is 25.0 Å². The quantitative estimate of drug-likeness (QED) is 0.276. The predicted octanol–water partition coefficient (Wildman–Crippen LogP) is 2.34. The fourth-order valence-corrected chi connectivity index (χ4v) is 4.21. The molecule has 180 valence electrons. The Morgan fingerprint density at radius 3 is 2.66 bits per heavy atom. The van der Waals surface area contributed by atoms with Crippen LogP contribution in [-0.2, 0) is 16.0 Å². The number of ether oxygens (including phenoxy) is 2. The van der Waals surface area contributed by atoms with Gasteiger partial charge in [-0.3, -0.25) is 9.89 Å². The van der Waals surface area contributed by atoms with E-state index in [1.807, 2.05) is 0 Å². The number of nitrogens with zero attached hydrogens (tertiary/aromatic N) is 3. The van der Waals surface area contributed by atoms with E-state index in [9.17, 15) is 0 Å². The van der Waals surface area contributed by atoms with E-state index in [0.29, 0.717) is 6.10 Å². The highest BCUT2D eigenvalue weighted by Gasteiger charge is 2.16. The van der Waals surface area contributed by atoms with Gasteiger partial charge in [0.2, 0.25) is 0 Å². The van der Waals surface area contributed by atoms with Crippen LogP contribution in [0.5, 0.6) is 0 Å². The Labute approximate surface area is 194 Å². The summed E-state index contributed by atoms with van der Waals surface area (Å²) in [6, 6.07) is 10.8. The fourth-order valence-electron chi connectivity index (χ4n) is 4.21. The largest absolute Gasteiger partial charge is 0.379 e. The van der Waals surface area contributed by atoms with Crippen molar-refractivity contribution in [3.63, 3.8) is 0 Å². The molecule has 2 aliphatic heterocycles. The van der Waals surface area contributed by atoms with Crippen molar-refractivity contribution in [1.82, 2.24) is 20.4 Å². The average molecular weight is 446 g/mol. The van der Waals surface area contributed by atoms with E-state index in [1.54, 1.807) is 0 Å². The smallest absolute Gasteiger partial charge is 0.191 e. The standard InChI is InChI=1S/C25H43N5O2/c1-2-26-25(28-13-8-19-31-22-24-11-6-20-32-24)27-12-7-14-29-15-17-30(18-16-29)21-23-9-4-3-5-10-23/h3-5,9-10,24H,2,6-8,11-22H2,1H3,(H2,26,27,28). The van der Waals surface area contributed by atoms with E-state index in [0.717, 1.165) is 104 Å². The zero-order valence-corrected chi connectivity index (χ0v) is 19.9. The molecule has 32 heavy (non-hydrogen) atoms. The second kappa shape index (κ2) is 15.2. The van der Waals surface area contributed by atoms with Crippen LogP contribution in [0, 0.1) is 0 Å². The molecule has 0 amide bonds. The van der Waals surface area contributed by atoms with E-state index in [4.69, 9.17) is 9.47 Å². The molecular formula is C25H43N5O2. The van der Waals surface area contributed by atoms with Crippen LogP contribution in [0.25, 0.3) is 0 Å². The van der Waals surface area contributed by atoms with E-state index in [-0.39, 0.29) is 0 Å². The number of benzene rings is 1. The molecule has 2 saturated heterocycles. The van der Waals surface area contributed by atoms with Gasteiger partial charge >= 0.3 is 0 Å². The van der Waals surface area contributed by atoms with Gasteiger partial charge in [0, 0.05) is 65.6 Å². The third kappa shape index (κ3) is 9.86. The lowest BCUT2D eigenvalue weighted by molar-refractivity contribution is 0.0171. The third-order valence-corrected chi connectivity index (χ3v) is 6.05. The minimum atomic E-state index is 0.310. The number of hydrogen-bond donors (Lipinski definition) is 2. The summed E-state index contributed by atoms with van der Waals surface area (Å²) < 4.78 is 11.3. The zero-order chi connectivity index (χ0) is 22.3. The summed E-state index contributed by atoms with van der Waals surface area (Å²) in [6.07, 6.45) is 4.69. The lowest BCUT2D eigenvalue weighted by atomic mass is 10.2. The number of guanidine groups is 1. The van der Waals surface area contributed by atoms with E-state index >= 15 is 0 Å². The predicted molar refractivity (Wildman–Crippen MR) is 131 cm³/mol. The molecule has 2 heterocycles. The van der Waals surface area contributed by atoms with E-state index in [1.165, 1.54) is 12.0 Å². The van der Waals surface area contributed by atoms with Crippen molar-refractivity contribution in [2.75, 3.05) is 72.2 Å². The van der Waals surface area contributed by atoms with Gasteiger partial charge in [0.05, 0.1) is 12.7 Å². The Morgan fingerprint density at radius 2 is 1.91 bits per heavy atom. The van der Waals surface area contributed by atoms with Gasteiger partial charge in [-0.25, -0.2) is 0 Å². The molecule has 2 aliphatic rings. The van der Waals surface area contributed by atoms with Crippen LogP contribution in [0.2, 0.25) is 0 Å². The van der Waals surface area contributed by atoms with E-state index in [2.05, 4.69) is 62.7 Å². The van der Waals surface area contributed by atoms with Gasteiger partial charge in [-0.2, -0.15) is 0 Å². The van der Waals surface area contributed by atoms with Crippen molar-refractivity contribution in [3.8, 4) is 0 Å². The summed E-state index contributed by atoms with van der Waals surface area (Å²) in [7, 11) is 0. The lowest BCUT2D eigenvalue weighted by Crippen LogP contribution is -2.46. The maximum absolute atomic E-state index is 5.72. The normalized spacial score (nSPS) is 20.5.